The van der Waals surface area contributed by atoms with Gasteiger partial charge >= 0.3 is 47.7 Å². The van der Waals surface area contributed by atoms with Gasteiger partial charge in [0.15, 0.2) is 17.4 Å². The Hall–Kier alpha value is -14.1. The number of H-pyrrole nitrogens is 3. The van der Waals surface area contributed by atoms with Crippen LogP contribution in [0.1, 0.15) is 213 Å². The molecule has 1 aliphatic carbocycles. The third-order valence-electron chi connectivity index (χ3n) is 28.2. The summed E-state index contributed by atoms with van der Waals surface area (Å²) in [5.74, 6) is 2.70. The molecule has 7 N–H and O–H groups in total. The lowest BCUT2D eigenvalue weighted by molar-refractivity contribution is 0.0993. The average Bonchev–Trinajstić information content (AvgIpc) is 1.09. The van der Waals surface area contributed by atoms with Crippen molar-refractivity contribution in [2.75, 3.05) is 202 Å². The topological polar surface area (TPSA) is 349 Å². The van der Waals surface area contributed by atoms with Gasteiger partial charge in [-0.1, -0.05) is 83.6 Å². The van der Waals surface area contributed by atoms with E-state index in [0.29, 0.717) is 97.1 Å². The number of urea groups is 4. The van der Waals surface area contributed by atoms with Crippen molar-refractivity contribution in [3.63, 3.8) is 0 Å². The number of aromatic nitrogens is 7. The molecule has 12 amide bonds. The number of nitrogens with zero attached hydrogens (tertiary/aromatic N) is 19. The quantitative estimate of drug-likeness (QED) is 0.0349. The number of rotatable bonds is 16. The molecule has 9 aliphatic rings. The fraction of sp³-hybridized carbons (Fsp3) is 0.505. The number of imidazole rings is 1. The molecule has 35 heteroatoms. The molecule has 1 saturated carbocycles. The first-order valence-corrected chi connectivity index (χ1v) is 46.3. The van der Waals surface area contributed by atoms with Crippen LogP contribution in [-0.4, -0.2) is 283 Å². The first-order chi connectivity index (χ1) is 63.9. The van der Waals surface area contributed by atoms with Crippen molar-refractivity contribution in [2.24, 2.45) is 21.7 Å². The zero-order valence-electron chi connectivity index (χ0n) is 79.6. The predicted octanol–water partition coefficient (Wildman–Crippen LogP) is 15.9. The molecular formula is C99H126N26O9. The molecule has 0 bridgehead atoms. The molecule has 9 fully saturated rings. The van der Waals surface area contributed by atoms with Crippen molar-refractivity contribution in [3.8, 4) is 12.3 Å². The monoisotopic (exact) mass is 1820 g/mol. The molecule has 0 radical (unpaired) electrons. The van der Waals surface area contributed by atoms with E-state index in [0.717, 1.165) is 148 Å². The SMILES string of the molecule is C#Cc1cnc(C(=O)Nc2ccc(C3CN(C)C(=O)N(C)C3)nc2N2CCC(C)(C)CC2)[nH]1.[C-]#[N+]c1c[nH]c(C(=O)Nc2ccc(C3CN(C)C(=O)N(C)C3)cc2N2CCC(C)(C)CC2)c1.[C-]#[N+]c1ccc(C(=O)Nc2ccc(C3CN(C)C(=O)N(C)C3)cc2N2CCC(C)(C)CC2)o1.[C-]#[N+]c1nc(C(=O)Nc2ccc(C3CN(C)C(=O)N(C)C3)cc2N2CCC3(CCCC3)CC2)n[nH]1. The number of piperidine rings is 4. The maximum Gasteiger partial charge on any atom is 0.357 e. The summed E-state index contributed by atoms with van der Waals surface area (Å²) < 4.78 is 5.31. The normalized spacial score (nSPS) is 19.3. The van der Waals surface area contributed by atoms with Gasteiger partial charge in [-0.25, -0.2) is 39.1 Å². The second kappa shape index (κ2) is 40.6. The second-order valence-electron chi connectivity index (χ2n) is 39.9. The summed E-state index contributed by atoms with van der Waals surface area (Å²) in [4.78, 5) is 152. The summed E-state index contributed by atoms with van der Waals surface area (Å²) in [6, 6.07) is 27.0. The number of amides is 12. The number of anilines is 8. The van der Waals surface area contributed by atoms with E-state index in [2.05, 4.69) is 157 Å². The van der Waals surface area contributed by atoms with Crippen molar-refractivity contribution in [2.45, 2.75) is 142 Å². The van der Waals surface area contributed by atoms with Crippen LogP contribution in [0.3, 0.4) is 0 Å². The van der Waals surface area contributed by atoms with E-state index in [-0.39, 0.29) is 100 Å². The number of pyridine rings is 1. The van der Waals surface area contributed by atoms with Gasteiger partial charge in [-0.05, 0) is 169 Å². The molecule has 35 nitrogen and oxygen atoms in total. The van der Waals surface area contributed by atoms with Gasteiger partial charge in [-0.2, -0.15) is 4.85 Å². The Morgan fingerprint density at radius 1 is 0.455 bits per heavy atom. The van der Waals surface area contributed by atoms with Crippen molar-refractivity contribution < 1.29 is 42.8 Å². The summed E-state index contributed by atoms with van der Waals surface area (Å²) in [6.07, 6.45) is 22.4. The molecular weight excluding hydrogens is 1700 g/mol. The number of benzene rings is 3. The maximum absolute atomic E-state index is 12.9. The van der Waals surface area contributed by atoms with Crippen LogP contribution in [0, 0.1) is 53.7 Å². The Bertz CT molecular complexity index is 5360. The standard InChI is InChI=1S/C25H32N8O2.C25H32N6O2.C25H31N5O3.C24H31N7O2/c1-26-23-28-21(29-30-23)22(34)27-19-7-6-17(18-15-31(2)24(35)32(3)16-18)14-20(19)33-12-10-25(11-13-33)8-4-5-9-25;1-25(2)8-10-31(11-9-25)22-12-17(18-15-29(4)24(33)30(5)16-18)6-7-20(22)28-23(32)21-13-19(26-3)14-27-21;1-25(2)10-12-30(13-11-25)20-14-17(18-15-28(4)24(32)29(5)16-18)6-7-19(20)27-23(31)21-8-9-22(26-3)33-21;1-6-17-13-25-20(26-17)22(32)28-19-8-7-18(16-14-29(4)23(33)30(5)15-16)27-21(19)31-11-9-24(2,3)10-12-31/h6-7,14,18H,4-5,8-13,15-16H2,2-3H3,(H,27,34)(H,28,29,30);6-7,12-14,18,27H,8-11,15-16H2,1-2,4-5H3,(H,28,32);6-9,14,18H,10-13,15-16H2,1-2,4-5H3,(H,27,31);1,7-8,13,16H,9-12,14-15H2,2-5H3,(H,25,26)(H,28,32). The Balaban J connectivity index is 0.000000143. The number of nitrogens with one attached hydrogen (secondary N) is 7. The van der Waals surface area contributed by atoms with Crippen LogP contribution in [0.2, 0.25) is 0 Å². The van der Waals surface area contributed by atoms with E-state index in [1.165, 1.54) is 63.1 Å². The van der Waals surface area contributed by atoms with E-state index in [4.69, 9.17) is 35.5 Å². The van der Waals surface area contributed by atoms with Gasteiger partial charge in [0.25, 0.3) is 17.7 Å². The highest BCUT2D eigenvalue weighted by molar-refractivity contribution is 6.07. The number of terminal acetylenes is 1. The smallest absolute Gasteiger partial charge is 0.357 e. The number of aromatic amines is 3. The van der Waals surface area contributed by atoms with Gasteiger partial charge in [0, 0.05) is 197 Å². The molecule has 706 valence electrons. The molecule has 5 aromatic heterocycles. The molecule has 17 rings (SSSR count). The van der Waals surface area contributed by atoms with Crippen LogP contribution in [0.15, 0.2) is 102 Å². The Morgan fingerprint density at radius 3 is 1.25 bits per heavy atom. The van der Waals surface area contributed by atoms with Gasteiger partial charge < -0.3 is 99.3 Å². The number of hydrogen-bond acceptors (Lipinski definition) is 17. The summed E-state index contributed by atoms with van der Waals surface area (Å²) in [5.41, 5.74) is 12.8. The predicted molar refractivity (Wildman–Crippen MR) is 518 cm³/mol. The van der Waals surface area contributed by atoms with Crippen molar-refractivity contribution >= 4 is 111 Å². The van der Waals surface area contributed by atoms with E-state index in [1.54, 1.807) is 59.4 Å². The van der Waals surface area contributed by atoms with Gasteiger partial charge in [0.1, 0.15) is 5.69 Å². The Labute approximate surface area is 784 Å². The third-order valence-corrected chi connectivity index (χ3v) is 28.2. The number of likely N-dealkylation sites (N-methyl/N-ethyl adjacent to an activating group) is 8. The summed E-state index contributed by atoms with van der Waals surface area (Å²) >= 11 is 0. The van der Waals surface area contributed by atoms with E-state index >= 15 is 0 Å². The lowest BCUT2D eigenvalue weighted by atomic mass is 9.77. The van der Waals surface area contributed by atoms with Gasteiger partial charge in [-0.3, -0.25) is 19.2 Å². The highest BCUT2D eigenvalue weighted by Gasteiger charge is 2.41. The number of hydrogen-bond donors (Lipinski definition) is 7. The maximum atomic E-state index is 12.9. The lowest BCUT2D eigenvalue weighted by Crippen LogP contribution is -2.49. The van der Waals surface area contributed by atoms with E-state index in [1.807, 2.05) is 84.8 Å². The largest absolute Gasteiger partial charge is 0.475 e. The Kier molecular flexibility index (Phi) is 29.0. The number of carbonyl (C=O) groups is 8. The van der Waals surface area contributed by atoms with Crippen LogP contribution in [-0.2, 0) is 0 Å². The first-order valence-electron chi connectivity index (χ1n) is 46.3. The van der Waals surface area contributed by atoms with Gasteiger partial charge in [0.2, 0.25) is 5.69 Å². The molecule has 0 unspecified atom stereocenters. The fourth-order valence-electron chi connectivity index (χ4n) is 19.6. The number of furan rings is 1. The van der Waals surface area contributed by atoms with Gasteiger partial charge in [0.05, 0.1) is 64.8 Å². The highest BCUT2D eigenvalue weighted by Crippen LogP contribution is 2.49. The molecule has 8 aromatic rings. The molecule has 134 heavy (non-hydrogen) atoms. The molecule has 8 saturated heterocycles. The summed E-state index contributed by atoms with van der Waals surface area (Å²) in [7, 11) is 14.6. The minimum atomic E-state index is -0.447. The third kappa shape index (κ3) is 22.6. The van der Waals surface area contributed by atoms with Crippen LogP contribution < -0.4 is 40.9 Å². The van der Waals surface area contributed by atoms with Crippen molar-refractivity contribution in [1.82, 2.24) is 74.3 Å². The van der Waals surface area contributed by atoms with E-state index in [9.17, 15) is 38.4 Å². The van der Waals surface area contributed by atoms with Crippen LogP contribution in [0.4, 0.5) is 82.3 Å². The van der Waals surface area contributed by atoms with Crippen LogP contribution in [0.25, 0.3) is 14.5 Å². The fourth-order valence-corrected chi connectivity index (χ4v) is 19.6. The number of carbonyl (C=O) groups excluding carboxylic acids is 8. The highest BCUT2D eigenvalue weighted by atomic mass is 16.4. The summed E-state index contributed by atoms with van der Waals surface area (Å²) in [6.45, 7) is 47.4. The van der Waals surface area contributed by atoms with Crippen molar-refractivity contribution in [1.29, 1.82) is 0 Å². The lowest BCUT2D eigenvalue weighted by Gasteiger charge is -2.41. The van der Waals surface area contributed by atoms with Crippen LogP contribution in [0.5, 0.6) is 0 Å². The summed E-state index contributed by atoms with van der Waals surface area (Å²) in [5, 5.41) is 18.3. The molecule has 3 aromatic carbocycles. The van der Waals surface area contributed by atoms with Gasteiger partial charge in [-0.15, -0.1) is 18.0 Å². The zero-order valence-corrected chi connectivity index (χ0v) is 79.6. The van der Waals surface area contributed by atoms with Crippen LogP contribution >= 0.6 is 0 Å². The van der Waals surface area contributed by atoms with E-state index < -0.39 is 5.91 Å². The van der Waals surface area contributed by atoms with Crippen molar-refractivity contribution in [3.05, 3.63) is 183 Å². The Morgan fingerprint density at radius 2 is 0.858 bits per heavy atom. The zero-order chi connectivity index (χ0) is 95.8. The molecule has 1 spiro atoms. The molecule has 0 atom stereocenters. The molecule has 13 heterocycles. The second-order valence-corrected chi connectivity index (χ2v) is 39.9. The molecule has 8 aliphatic heterocycles. The minimum Gasteiger partial charge on any atom is -0.475 e. The first kappa shape index (κ1) is 96.0. The average molecular weight is 1820 g/mol. The minimum absolute atomic E-state index is 0.0105.